The van der Waals surface area contributed by atoms with Crippen molar-refractivity contribution in [3.05, 3.63) is 52.0 Å². The summed E-state index contributed by atoms with van der Waals surface area (Å²) in [6.07, 6.45) is -3.71. The number of alkyl halides is 3. The van der Waals surface area contributed by atoms with Gasteiger partial charge in [-0.2, -0.15) is 23.1 Å². The Morgan fingerprint density at radius 2 is 2.09 bits per heavy atom. The minimum absolute atomic E-state index is 0.0505. The van der Waals surface area contributed by atoms with Gasteiger partial charge in [-0.1, -0.05) is 18.1 Å². The smallest absolute Gasteiger partial charge is 0.418 e. The molecule has 0 unspecified atom stereocenters. The van der Waals surface area contributed by atoms with Crippen molar-refractivity contribution in [1.29, 1.82) is 0 Å². The molecule has 13 heteroatoms. The average molecular weight is 632 g/mol. The zero-order chi connectivity index (χ0) is 32.1. The number of benzene rings is 1. The lowest BCUT2D eigenvalue weighted by Crippen LogP contribution is -2.44. The molecule has 3 atom stereocenters. The molecule has 0 aliphatic carbocycles. The number of ether oxygens (including phenoxy) is 3. The van der Waals surface area contributed by atoms with Gasteiger partial charge in [0.1, 0.15) is 18.0 Å². The summed E-state index contributed by atoms with van der Waals surface area (Å²) in [5.74, 6) is 4.10. The van der Waals surface area contributed by atoms with Crippen LogP contribution in [0.5, 0.6) is 6.01 Å². The maximum Gasteiger partial charge on any atom is 0.418 e. The number of fused-ring (bicyclic) bond motifs is 2. The first-order valence-corrected chi connectivity index (χ1v) is 15.0. The van der Waals surface area contributed by atoms with E-state index in [0.29, 0.717) is 36.8 Å². The van der Waals surface area contributed by atoms with E-state index in [9.17, 15) is 18.3 Å². The number of hydrogen-bond acceptors (Lipinski definition) is 9. The molecule has 242 valence electrons. The highest BCUT2D eigenvalue weighted by Gasteiger charge is 2.47. The van der Waals surface area contributed by atoms with Crippen LogP contribution in [0.2, 0.25) is 0 Å². The highest BCUT2D eigenvalue weighted by Crippen LogP contribution is 2.45. The van der Waals surface area contributed by atoms with Crippen LogP contribution < -0.4 is 15.4 Å². The Bertz CT molecular complexity index is 1570. The van der Waals surface area contributed by atoms with Crippen molar-refractivity contribution in [2.45, 2.75) is 69.6 Å². The minimum Gasteiger partial charge on any atom is -0.461 e. The molecule has 6 rings (SSSR count). The van der Waals surface area contributed by atoms with E-state index >= 15 is 4.39 Å². The molecule has 3 fully saturated rings. The fourth-order valence-corrected chi connectivity index (χ4v) is 7.11. The summed E-state index contributed by atoms with van der Waals surface area (Å²) in [6.45, 7) is 10.1. The van der Waals surface area contributed by atoms with Crippen LogP contribution in [0, 0.1) is 17.7 Å². The summed E-state index contributed by atoms with van der Waals surface area (Å²) in [5.41, 5.74) is 3.65. The van der Waals surface area contributed by atoms with Crippen molar-refractivity contribution >= 4 is 11.5 Å². The van der Waals surface area contributed by atoms with Crippen LogP contribution in [0.15, 0.2) is 18.2 Å². The summed E-state index contributed by atoms with van der Waals surface area (Å²) in [4.78, 5) is 13.6. The van der Waals surface area contributed by atoms with E-state index in [1.165, 1.54) is 6.92 Å². The van der Waals surface area contributed by atoms with Crippen LogP contribution in [0.4, 0.5) is 29.1 Å². The number of aromatic nitrogens is 2. The lowest BCUT2D eigenvalue weighted by molar-refractivity contribution is -0.140. The van der Waals surface area contributed by atoms with E-state index in [2.05, 4.69) is 28.3 Å². The molecule has 0 bridgehead atoms. The fourth-order valence-electron chi connectivity index (χ4n) is 7.11. The first-order valence-electron chi connectivity index (χ1n) is 15.0. The number of rotatable bonds is 5. The van der Waals surface area contributed by atoms with Gasteiger partial charge in [0, 0.05) is 36.2 Å². The molecule has 9 nitrogen and oxygen atoms in total. The first-order chi connectivity index (χ1) is 21.3. The molecule has 1 aromatic heterocycles. The van der Waals surface area contributed by atoms with Crippen LogP contribution in [0.3, 0.4) is 0 Å². The molecule has 45 heavy (non-hydrogen) atoms. The molecule has 3 N–H and O–H groups in total. The Hall–Kier alpha value is -3.44. The van der Waals surface area contributed by atoms with Crippen molar-refractivity contribution in [2.24, 2.45) is 0 Å². The van der Waals surface area contributed by atoms with Crippen molar-refractivity contribution in [3.63, 3.8) is 0 Å². The zero-order valence-corrected chi connectivity index (χ0v) is 25.4. The van der Waals surface area contributed by atoms with Gasteiger partial charge in [0.05, 0.1) is 55.0 Å². The topological polar surface area (TPSA) is 106 Å². The highest BCUT2D eigenvalue weighted by atomic mass is 19.4. The molecule has 4 aliphatic rings. The molecule has 3 saturated heterocycles. The first kappa shape index (κ1) is 31.5. The summed E-state index contributed by atoms with van der Waals surface area (Å²) in [6, 6.07) is 0.951. The van der Waals surface area contributed by atoms with Crippen LogP contribution in [-0.2, 0) is 28.7 Å². The standard InChI is InChI=1S/C32H37F4N5O4/c1-4-6-20-11-22(37)27(33)25(26(20)32(34,35)36)24-12-23-21(15-44-24)28(40-9-10-43-17-30(3,42)16-40)39-29(38-23)45-18-31-7-5-8-41(31)14-19(2)13-31/h11,24,42H,2,5,7-10,12-18,37H2,1,3H3/t24-,30+,31-/m1/s1. The third-order valence-corrected chi connectivity index (χ3v) is 9.01. The number of β-amino-alcohol motifs (C(OH)–C–C–N with tert-alkyl or cyclic N) is 1. The van der Waals surface area contributed by atoms with Gasteiger partial charge in [0.2, 0.25) is 0 Å². The van der Waals surface area contributed by atoms with E-state index in [0.717, 1.165) is 44.0 Å². The Kier molecular flexibility index (Phi) is 8.22. The summed E-state index contributed by atoms with van der Waals surface area (Å²) in [5, 5.41) is 10.9. The maximum atomic E-state index is 15.5. The summed E-state index contributed by atoms with van der Waals surface area (Å²) >= 11 is 0. The Morgan fingerprint density at radius 3 is 2.84 bits per heavy atom. The molecular weight excluding hydrogens is 594 g/mol. The van der Waals surface area contributed by atoms with E-state index in [1.54, 1.807) is 6.92 Å². The van der Waals surface area contributed by atoms with E-state index < -0.39 is 46.1 Å². The molecule has 0 saturated carbocycles. The second-order valence-corrected chi connectivity index (χ2v) is 12.7. The van der Waals surface area contributed by atoms with Crippen molar-refractivity contribution in [3.8, 4) is 17.9 Å². The molecule has 5 heterocycles. The van der Waals surface area contributed by atoms with E-state index in [1.807, 2.05) is 4.90 Å². The molecule has 4 aliphatic heterocycles. The van der Waals surface area contributed by atoms with E-state index in [-0.39, 0.29) is 37.7 Å². The van der Waals surface area contributed by atoms with Crippen LogP contribution in [0.25, 0.3) is 0 Å². The SMILES string of the molecule is C=C1CN2CCC[C@]2(COc2nc3c(c(N4CCOC[C@@](C)(O)C4)n2)CO[C@@H](c2c(F)c(N)cc(C#CC)c2C(F)(F)F)C3)C1. The largest absolute Gasteiger partial charge is 0.461 e. The number of halogens is 4. The van der Waals surface area contributed by atoms with E-state index in [4.69, 9.17) is 24.9 Å². The molecule has 0 spiro atoms. The number of nitrogens with zero attached hydrogens (tertiary/aromatic N) is 4. The quantitative estimate of drug-likeness (QED) is 0.218. The van der Waals surface area contributed by atoms with Crippen molar-refractivity contribution < 1.29 is 36.9 Å². The number of hydrogen-bond donors (Lipinski definition) is 2. The van der Waals surface area contributed by atoms with Crippen LogP contribution in [-0.4, -0.2) is 77.1 Å². The maximum absolute atomic E-state index is 15.5. The average Bonchev–Trinajstić information content (AvgIpc) is 3.42. The van der Waals surface area contributed by atoms with Gasteiger partial charge >= 0.3 is 12.2 Å². The van der Waals surface area contributed by atoms with Crippen LogP contribution in [0.1, 0.15) is 67.2 Å². The second-order valence-electron chi connectivity index (χ2n) is 12.7. The monoisotopic (exact) mass is 631 g/mol. The third kappa shape index (κ3) is 6.08. The molecular formula is C32H37F4N5O4. The molecule has 0 radical (unpaired) electrons. The Labute approximate surface area is 259 Å². The van der Waals surface area contributed by atoms with Crippen molar-refractivity contribution in [2.75, 3.05) is 56.6 Å². The Balaban J connectivity index is 1.41. The number of nitrogen functional groups attached to an aromatic ring is 1. The van der Waals surface area contributed by atoms with Gasteiger partial charge in [0.15, 0.2) is 5.82 Å². The lowest BCUT2D eigenvalue weighted by atomic mass is 9.90. The second kappa shape index (κ2) is 11.7. The van der Waals surface area contributed by atoms with Crippen LogP contribution >= 0.6 is 0 Å². The molecule has 1 aromatic carbocycles. The van der Waals surface area contributed by atoms with Gasteiger partial charge in [-0.15, -0.1) is 5.92 Å². The van der Waals surface area contributed by atoms with Gasteiger partial charge in [-0.25, -0.2) is 4.39 Å². The van der Waals surface area contributed by atoms with Gasteiger partial charge in [0.25, 0.3) is 0 Å². The normalized spacial score (nSPS) is 27.0. The van der Waals surface area contributed by atoms with Crippen molar-refractivity contribution in [1.82, 2.24) is 14.9 Å². The summed E-state index contributed by atoms with van der Waals surface area (Å²) in [7, 11) is 0. The summed E-state index contributed by atoms with van der Waals surface area (Å²) < 4.78 is 76.7. The number of aliphatic hydroxyl groups is 1. The zero-order valence-electron chi connectivity index (χ0n) is 25.4. The Morgan fingerprint density at radius 1 is 1.29 bits per heavy atom. The predicted molar refractivity (Wildman–Crippen MR) is 158 cm³/mol. The number of anilines is 2. The minimum atomic E-state index is -4.92. The number of nitrogens with two attached hydrogens (primary N) is 1. The molecule has 0 amide bonds. The lowest BCUT2D eigenvalue weighted by Gasteiger charge is -2.34. The van der Waals surface area contributed by atoms with Gasteiger partial charge < -0.3 is 30.0 Å². The predicted octanol–water partition coefficient (Wildman–Crippen LogP) is 4.16. The fraction of sp³-hybridized carbons (Fsp3) is 0.562. The molecule has 2 aromatic rings. The van der Waals surface area contributed by atoms with Gasteiger partial charge in [-0.05, 0) is 45.7 Å². The third-order valence-electron chi connectivity index (χ3n) is 9.01. The highest BCUT2D eigenvalue weighted by molar-refractivity contribution is 5.59. The van der Waals surface area contributed by atoms with Gasteiger partial charge in [-0.3, -0.25) is 4.90 Å².